The zero-order valence-electron chi connectivity index (χ0n) is 22.1. The molecule has 0 radical (unpaired) electrons. The minimum atomic E-state index is -0.595. The summed E-state index contributed by atoms with van der Waals surface area (Å²) in [4.78, 5) is 31.8. The number of nitrogens with one attached hydrogen (secondary N) is 2. The topological polar surface area (TPSA) is 136 Å². The third kappa shape index (κ3) is 5.22. The van der Waals surface area contributed by atoms with Crippen molar-refractivity contribution in [2.75, 3.05) is 12.1 Å². The molecule has 0 saturated heterocycles. The monoisotopic (exact) mass is 629 g/mol. The SMILES string of the molecule is N=c1c(C(=O)Nc2nnc(SCc3ccccc3Cl)s2)cc2c(=O)n3ccccc3nc2n1Cc1ccc2c(c1)OCO2. The van der Waals surface area contributed by atoms with Crippen molar-refractivity contribution in [2.24, 2.45) is 0 Å². The Balaban J connectivity index is 1.24. The maximum Gasteiger partial charge on any atom is 0.267 e. The number of hydrogen-bond acceptors (Lipinski definition) is 10. The van der Waals surface area contributed by atoms with Crippen LogP contribution in [0.5, 0.6) is 11.5 Å². The molecule has 0 spiro atoms. The van der Waals surface area contributed by atoms with Gasteiger partial charge in [-0.15, -0.1) is 10.2 Å². The summed E-state index contributed by atoms with van der Waals surface area (Å²) in [7, 11) is 0. The van der Waals surface area contributed by atoms with Crippen molar-refractivity contribution in [1.82, 2.24) is 24.1 Å². The van der Waals surface area contributed by atoms with Gasteiger partial charge in [0.15, 0.2) is 15.8 Å². The quantitative estimate of drug-likeness (QED) is 0.144. The molecule has 6 aromatic rings. The van der Waals surface area contributed by atoms with Crippen LogP contribution in [0.4, 0.5) is 5.13 Å². The molecule has 0 saturated carbocycles. The number of hydrogen-bond donors (Lipinski definition) is 2. The fourth-order valence-electron chi connectivity index (χ4n) is 4.67. The number of anilines is 1. The predicted molar refractivity (Wildman–Crippen MR) is 163 cm³/mol. The van der Waals surface area contributed by atoms with Gasteiger partial charge in [-0.05, 0) is 47.5 Å². The number of amides is 1. The maximum atomic E-state index is 13.6. The third-order valence-electron chi connectivity index (χ3n) is 6.78. The van der Waals surface area contributed by atoms with Crippen LogP contribution in [0.1, 0.15) is 21.5 Å². The molecular formula is C29H20ClN7O4S2. The van der Waals surface area contributed by atoms with E-state index in [1.807, 2.05) is 36.4 Å². The Kier molecular flexibility index (Phi) is 7.05. The minimum Gasteiger partial charge on any atom is -0.454 e. The van der Waals surface area contributed by atoms with Gasteiger partial charge in [0.05, 0.1) is 17.5 Å². The summed E-state index contributed by atoms with van der Waals surface area (Å²) in [5.41, 5.74) is 1.96. The molecule has 1 aliphatic rings. The Morgan fingerprint density at radius 1 is 1.07 bits per heavy atom. The molecule has 0 atom stereocenters. The number of aromatic nitrogens is 5. The molecule has 14 heteroatoms. The molecule has 0 fully saturated rings. The standard InChI is InChI=1S/C29H20ClN7O4S2/c30-20-6-2-1-5-17(20)14-42-29-35-34-28(43-29)33-26(38)18-12-19-25(32-23-7-3-4-10-36(23)27(19)39)37(24(18)31)13-16-8-9-21-22(11-16)41-15-40-21/h1-12,31H,13-15H2,(H,33,34,38). The number of pyridine rings is 2. The van der Waals surface area contributed by atoms with Crippen LogP contribution in [0.25, 0.3) is 16.7 Å². The summed E-state index contributed by atoms with van der Waals surface area (Å²) in [6, 6.07) is 19.6. The minimum absolute atomic E-state index is 0.0107. The number of thioether (sulfide) groups is 1. The van der Waals surface area contributed by atoms with Crippen molar-refractivity contribution in [3.63, 3.8) is 0 Å². The van der Waals surface area contributed by atoms with E-state index in [0.29, 0.717) is 32.3 Å². The lowest BCUT2D eigenvalue weighted by atomic mass is 10.1. The van der Waals surface area contributed by atoms with Gasteiger partial charge in [0, 0.05) is 17.0 Å². The average Bonchev–Trinajstić information content (AvgIpc) is 3.67. The fourth-order valence-corrected chi connectivity index (χ4v) is 6.71. The van der Waals surface area contributed by atoms with Crippen LogP contribution >= 0.6 is 34.7 Å². The first kappa shape index (κ1) is 27.1. The summed E-state index contributed by atoms with van der Waals surface area (Å²) in [5.74, 6) is 1.21. The normalized spacial score (nSPS) is 12.2. The van der Waals surface area contributed by atoms with Crippen LogP contribution in [0.15, 0.2) is 82.1 Å². The van der Waals surface area contributed by atoms with Gasteiger partial charge in [0.1, 0.15) is 16.8 Å². The molecular weight excluding hydrogens is 610 g/mol. The number of ether oxygens (including phenoxy) is 2. The van der Waals surface area contributed by atoms with Crippen molar-refractivity contribution in [3.05, 3.63) is 110 Å². The van der Waals surface area contributed by atoms with Gasteiger partial charge in [0.2, 0.25) is 11.9 Å². The molecule has 43 heavy (non-hydrogen) atoms. The van der Waals surface area contributed by atoms with Crippen LogP contribution in [0.2, 0.25) is 5.02 Å². The van der Waals surface area contributed by atoms with Gasteiger partial charge in [-0.25, -0.2) is 4.98 Å². The highest BCUT2D eigenvalue weighted by Gasteiger charge is 2.20. The number of carbonyl (C=O) groups is 1. The van der Waals surface area contributed by atoms with Crippen molar-refractivity contribution in [1.29, 1.82) is 5.41 Å². The summed E-state index contributed by atoms with van der Waals surface area (Å²) in [6.45, 7) is 0.286. The molecule has 7 rings (SSSR count). The predicted octanol–water partition coefficient (Wildman–Crippen LogP) is 4.96. The highest BCUT2D eigenvalue weighted by atomic mass is 35.5. The van der Waals surface area contributed by atoms with Gasteiger partial charge >= 0.3 is 0 Å². The van der Waals surface area contributed by atoms with Gasteiger partial charge < -0.3 is 14.0 Å². The van der Waals surface area contributed by atoms with Crippen LogP contribution in [-0.4, -0.2) is 36.8 Å². The number of rotatable bonds is 7. The molecule has 0 aliphatic carbocycles. The summed E-state index contributed by atoms with van der Waals surface area (Å²) in [6.07, 6.45) is 1.61. The van der Waals surface area contributed by atoms with Gasteiger partial charge in [-0.2, -0.15) is 0 Å². The van der Waals surface area contributed by atoms with E-state index in [4.69, 9.17) is 31.5 Å². The zero-order chi connectivity index (χ0) is 29.5. The van der Waals surface area contributed by atoms with Crippen molar-refractivity contribution >= 4 is 62.4 Å². The maximum absolute atomic E-state index is 13.6. The van der Waals surface area contributed by atoms with E-state index in [2.05, 4.69) is 15.5 Å². The molecule has 0 bridgehead atoms. The molecule has 214 valence electrons. The van der Waals surface area contributed by atoms with E-state index >= 15 is 0 Å². The Morgan fingerprint density at radius 3 is 2.79 bits per heavy atom. The Hall–Kier alpha value is -4.72. The Bertz CT molecular complexity index is 2180. The second-order valence-corrected chi connectivity index (χ2v) is 12.1. The molecule has 0 unspecified atom stereocenters. The average molecular weight is 630 g/mol. The smallest absolute Gasteiger partial charge is 0.267 e. The van der Waals surface area contributed by atoms with E-state index in [1.165, 1.54) is 33.6 Å². The molecule has 5 heterocycles. The Morgan fingerprint density at radius 2 is 1.91 bits per heavy atom. The second-order valence-electron chi connectivity index (χ2n) is 9.47. The molecule has 11 nitrogen and oxygen atoms in total. The first-order chi connectivity index (χ1) is 20.9. The van der Waals surface area contributed by atoms with E-state index in [-0.39, 0.29) is 46.1 Å². The van der Waals surface area contributed by atoms with E-state index in [1.54, 1.807) is 35.0 Å². The first-order valence-electron chi connectivity index (χ1n) is 12.9. The zero-order valence-corrected chi connectivity index (χ0v) is 24.5. The lowest BCUT2D eigenvalue weighted by Gasteiger charge is -2.15. The van der Waals surface area contributed by atoms with Crippen LogP contribution in [-0.2, 0) is 12.3 Å². The Labute approximate surface area is 256 Å². The lowest BCUT2D eigenvalue weighted by Crippen LogP contribution is -2.32. The van der Waals surface area contributed by atoms with Crippen molar-refractivity contribution < 1.29 is 14.3 Å². The molecule has 4 aromatic heterocycles. The molecule has 1 aliphatic heterocycles. The second kappa shape index (κ2) is 11.2. The van der Waals surface area contributed by atoms with E-state index < -0.39 is 5.91 Å². The fraction of sp³-hybridized carbons (Fsp3) is 0.103. The molecule has 2 aromatic carbocycles. The molecule has 2 N–H and O–H groups in total. The van der Waals surface area contributed by atoms with Gasteiger partial charge in [0.25, 0.3) is 11.5 Å². The highest BCUT2D eigenvalue weighted by molar-refractivity contribution is 8.00. The number of carbonyl (C=O) groups excluding carboxylic acids is 1. The van der Waals surface area contributed by atoms with Crippen LogP contribution < -0.4 is 25.8 Å². The molecule has 1 amide bonds. The number of halogens is 1. The number of fused-ring (bicyclic) bond motifs is 3. The summed E-state index contributed by atoms with van der Waals surface area (Å²) < 4.78 is 14.5. The third-order valence-corrected chi connectivity index (χ3v) is 9.17. The van der Waals surface area contributed by atoms with Crippen molar-refractivity contribution in [3.8, 4) is 11.5 Å². The lowest BCUT2D eigenvalue weighted by molar-refractivity contribution is 0.102. The first-order valence-corrected chi connectivity index (χ1v) is 15.1. The number of benzene rings is 2. The summed E-state index contributed by atoms with van der Waals surface area (Å²) >= 11 is 8.91. The highest BCUT2D eigenvalue weighted by Crippen LogP contribution is 2.33. The van der Waals surface area contributed by atoms with E-state index in [9.17, 15) is 9.59 Å². The van der Waals surface area contributed by atoms with Crippen molar-refractivity contribution in [2.45, 2.75) is 16.6 Å². The van der Waals surface area contributed by atoms with Gasteiger partial charge in [-0.1, -0.05) is 65.0 Å². The van der Waals surface area contributed by atoms with Crippen LogP contribution in [0.3, 0.4) is 0 Å². The number of nitrogens with zero attached hydrogens (tertiary/aromatic N) is 5. The van der Waals surface area contributed by atoms with E-state index in [0.717, 1.165) is 11.1 Å². The van der Waals surface area contributed by atoms with Crippen LogP contribution in [0, 0.1) is 5.41 Å². The van der Waals surface area contributed by atoms with Gasteiger partial charge in [-0.3, -0.25) is 24.7 Å². The summed E-state index contributed by atoms with van der Waals surface area (Å²) in [5, 5.41) is 21.2. The largest absolute Gasteiger partial charge is 0.454 e.